The second-order valence-electron chi connectivity index (χ2n) is 7.46. The lowest BCUT2D eigenvalue weighted by molar-refractivity contribution is -0.130. The first-order valence-electron chi connectivity index (χ1n) is 10.9. The lowest BCUT2D eigenvalue weighted by Crippen LogP contribution is -2.52. The summed E-state index contributed by atoms with van der Waals surface area (Å²) in [5.41, 5.74) is 5.85. The summed E-state index contributed by atoms with van der Waals surface area (Å²) in [4.78, 5) is 59.2. The molecule has 11 heteroatoms. The Balaban J connectivity index is 2.42. The van der Waals surface area contributed by atoms with Crippen LogP contribution in [0.3, 0.4) is 0 Å². The zero-order chi connectivity index (χ0) is 24.5. The monoisotopic (exact) mass is 462 g/mol. The predicted octanol–water partition coefficient (Wildman–Crippen LogP) is -1.67. The van der Waals surface area contributed by atoms with Crippen molar-refractivity contribution in [2.45, 2.75) is 38.1 Å². The molecule has 1 aromatic carbocycles. The quantitative estimate of drug-likeness (QED) is 0.160. The van der Waals surface area contributed by atoms with Gasteiger partial charge in [0.2, 0.25) is 29.5 Å². The van der Waals surface area contributed by atoms with Crippen molar-refractivity contribution in [1.82, 2.24) is 26.6 Å². The summed E-state index contributed by atoms with van der Waals surface area (Å²) in [5, 5.41) is 12.9. The minimum Gasteiger partial charge on any atom is -0.368 e. The zero-order valence-electron chi connectivity index (χ0n) is 18.9. The molecule has 0 radical (unpaired) electrons. The number of benzene rings is 1. The van der Waals surface area contributed by atoms with Crippen LogP contribution in [0.15, 0.2) is 30.3 Å². The Kier molecular flexibility index (Phi) is 13.5. The third-order valence-electron chi connectivity index (χ3n) is 4.59. The third-order valence-corrected chi connectivity index (χ3v) is 4.59. The highest BCUT2D eigenvalue weighted by Crippen LogP contribution is 2.03. The molecule has 0 aliphatic carbocycles. The van der Waals surface area contributed by atoms with Crippen molar-refractivity contribution in [3.63, 3.8) is 0 Å². The lowest BCUT2D eigenvalue weighted by atomic mass is 10.1. The number of hydrogen-bond donors (Lipinski definition) is 6. The highest BCUT2D eigenvalue weighted by molar-refractivity contribution is 5.92. The molecule has 0 saturated heterocycles. The van der Waals surface area contributed by atoms with E-state index in [9.17, 15) is 24.0 Å². The predicted molar refractivity (Wildman–Crippen MR) is 123 cm³/mol. The van der Waals surface area contributed by atoms with Gasteiger partial charge < -0.3 is 32.3 Å². The van der Waals surface area contributed by atoms with Crippen LogP contribution in [0.5, 0.6) is 0 Å². The van der Waals surface area contributed by atoms with Gasteiger partial charge in [-0.05, 0) is 32.0 Å². The number of carbonyl (C=O) groups excluding carboxylic acids is 5. The molecule has 1 rings (SSSR count). The molecule has 7 N–H and O–H groups in total. The first-order chi connectivity index (χ1) is 15.8. The number of amides is 5. The maximum absolute atomic E-state index is 12.4. The number of unbranched alkanes of at least 4 members (excludes halogenated alkanes) is 2. The molecule has 1 atom stereocenters. The van der Waals surface area contributed by atoms with Crippen molar-refractivity contribution in [3.05, 3.63) is 35.9 Å². The van der Waals surface area contributed by atoms with E-state index in [-0.39, 0.29) is 32.0 Å². The van der Waals surface area contributed by atoms with E-state index in [0.717, 1.165) is 31.4 Å². The van der Waals surface area contributed by atoms with Crippen LogP contribution >= 0.6 is 0 Å². The molecule has 0 bridgehead atoms. The molecule has 1 unspecified atom stereocenters. The van der Waals surface area contributed by atoms with Crippen LogP contribution in [0.2, 0.25) is 0 Å². The van der Waals surface area contributed by atoms with Gasteiger partial charge in [0.1, 0.15) is 6.04 Å². The van der Waals surface area contributed by atoms with Crippen LogP contribution < -0.4 is 32.3 Å². The van der Waals surface area contributed by atoms with Crippen molar-refractivity contribution in [3.8, 4) is 0 Å². The molecule has 33 heavy (non-hydrogen) atoms. The van der Waals surface area contributed by atoms with Crippen molar-refractivity contribution >= 4 is 29.5 Å². The van der Waals surface area contributed by atoms with Gasteiger partial charge in [0, 0.05) is 12.8 Å². The molecule has 0 aliphatic rings. The Morgan fingerprint density at radius 3 is 2.15 bits per heavy atom. The minimum atomic E-state index is -0.959. The second kappa shape index (κ2) is 16.2. The van der Waals surface area contributed by atoms with Gasteiger partial charge in [0.05, 0.1) is 19.6 Å². The smallest absolute Gasteiger partial charge is 0.243 e. The summed E-state index contributed by atoms with van der Waals surface area (Å²) in [5.74, 6) is -2.62. The average molecular weight is 463 g/mol. The molecule has 0 aromatic heterocycles. The largest absolute Gasteiger partial charge is 0.368 e. The van der Waals surface area contributed by atoms with Crippen LogP contribution in [-0.2, 0) is 30.4 Å². The Labute approximate surface area is 193 Å². The Hall–Kier alpha value is -3.47. The molecule has 0 heterocycles. The number of carbonyl (C=O) groups is 5. The van der Waals surface area contributed by atoms with E-state index in [2.05, 4.69) is 26.6 Å². The van der Waals surface area contributed by atoms with Crippen LogP contribution in [0, 0.1) is 0 Å². The van der Waals surface area contributed by atoms with Crippen molar-refractivity contribution in [1.29, 1.82) is 0 Å². The van der Waals surface area contributed by atoms with Gasteiger partial charge in [-0.15, -0.1) is 0 Å². The SMILES string of the molecule is CNCCCCCC(=O)NCC(=O)NCC(=O)NC(Cc1ccccc1)C(=O)NCC(N)=O. The number of hydrogen-bond acceptors (Lipinski definition) is 6. The van der Waals surface area contributed by atoms with Gasteiger partial charge in [0.15, 0.2) is 0 Å². The van der Waals surface area contributed by atoms with E-state index in [1.165, 1.54) is 0 Å². The Morgan fingerprint density at radius 2 is 1.48 bits per heavy atom. The summed E-state index contributed by atoms with van der Waals surface area (Å²) >= 11 is 0. The maximum Gasteiger partial charge on any atom is 0.243 e. The highest BCUT2D eigenvalue weighted by Gasteiger charge is 2.21. The van der Waals surface area contributed by atoms with E-state index in [1.54, 1.807) is 24.3 Å². The standard InChI is InChI=1S/C22H34N6O5/c1-24-11-7-3-6-10-19(30)25-14-20(31)26-15-21(32)28-17(22(33)27-13-18(23)29)12-16-8-4-2-5-9-16/h2,4-5,8-9,17,24H,3,6-7,10-15H2,1H3,(H2,23,29)(H,25,30)(H,26,31)(H,27,33)(H,28,32). The third kappa shape index (κ3) is 13.5. The fourth-order valence-electron chi connectivity index (χ4n) is 2.87. The fraction of sp³-hybridized carbons (Fsp3) is 0.500. The Morgan fingerprint density at radius 1 is 0.818 bits per heavy atom. The van der Waals surface area contributed by atoms with Crippen molar-refractivity contribution < 1.29 is 24.0 Å². The highest BCUT2D eigenvalue weighted by atomic mass is 16.2. The van der Waals surface area contributed by atoms with Crippen LogP contribution in [-0.4, -0.2) is 68.8 Å². The topological polar surface area (TPSA) is 172 Å². The van der Waals surface area contributed by atoms with E-state index < -0.39 is 29.7 Å². The molecule has 11 nitrogen and oxygen atoms in total. The van der Waals surface area contributed by atoms with Gasteiger partial charge in [-0.3, -0.25) is 24.0 Å². The molecular weight excluding hydrogens is 428 g/mol. The summed E-state index contributed by atoms with van der Waals surface area (Å²) in [6.45, 7) is -0.0701. The summed E-state index contributed by atoms with van der Waals surface area (Å²) in [6, 6.07) is 8.05. The summed E-state index contributed by atoms with van der Waals surface area (Å²) < 4.78 is 0. The van der Waals surface area contributed by atoms with E-state index in [4.69, 9.17) is 5.73 Å². The van der Waals surface area contributed by atoms with Gasteiger partial charge in [0.25, 0.3) is 0 Å². The average Bonchev–Trinajstić information content (AvgIpc) is 2.80. The molecule has 1 aromatic rings. The lowest BCUT2D eigenvalue weighted by Gasteiger charge is -2.18. The molecule has 0 fully saturated rings. The van der Waals surface area contributed by atoms with Gasteiger partial charge >= 0.3 is 0 Å². The van der Waals surface area contributed by atoms with Crippen molar-refractivity contribution in [2.24, 2.45) is 5.73 Å². The number of nitrogens with two attached hydrogens (primary N) is 1. The second-order valence-corrected chi connectivity index (χ2v) is 7.46. The van der Waals surface area contributed by atoms with E-state index in [1.807, 2.05) is 13.1 Å². The van der Waals surface area contributed by atoms with Gasteiger partial charge in [-0.2, -0.15) is 0 Å². The minimum absolute atomic E-state index is 0.190. The fourth-order valence-corrected chi connectivity index (χ4v) is 2.87. The molecule has 5 amide bonds. The first kappa shape index (κ1) is 27.6. The normalized spacial score (nSPS) is 11.2. The molecular formula is C22H34N6O5. The molecule has 0 aliphatic heterocycles. The molecule has 182 valence electrons. The van der Waals surface area contributed by atoms with Crippen molar-refractivity contribution in [2.75, 3.05) is 33.2 Å². The zero-order valence-corrected chi connectivity index (χ0v) is 18.9. The first-order valence-corrected chi connectivity index (χ1v) is 10.9. The number of primary amides is 1. The summed E-state index contributed by atoms with van der Waals surface area (Å²) in [7, 11) is 1.87. The molecule has 0 saturated carbocycles. The Bertz CT molecular complexity index is 787. The van der Waals surface area contributed by atoms with Gasteiger partial charge in [-0.25, -0.2) is 0 Å². The van der Waals surface area contributed by atoms with E-state index >= 15 is 0 Å². The van der Waals surface area contributed by atoms with Crippen LogP contribution in [0.25, 0.3) is 0 Å². The maximum atomic E-state index is 12.4. The van der Waals surface area contributed by atoms with E-state index in [0.29, 0.717) is 6.42 Å². The number of nitrogens with one attached hydrogen (secondary N) is 5. The summed E-state index contributed by atoms with van der Waals surface area (Å²) in [6.07, 6.45) is 3.15. The molecule has 0 spiro atoms. The van der Waals surface area contributed by atoms with Gasteiger partial charge in [-0.1, -0.05) is 36.8 Å². The van der Waals surface area contributed by atoms with Crippen LogP contribution in [0.4, 0.5) is 0 Å². The number of rotatable bonds is 16. The van der Waals surface area contributed by atoms with Crippen LogP contribution in [0.1, 0.15) is 31.2 Å².